The largest absolute Gasteiger partial charge is 0.445 e. The molecule has 3 aromatic rings. The Morgan fingerprint density at radius 2 is 2.00 bits per heavy atom. The summed E-state index contributed by atoms with van der Waals surface area (Å²) in [5.74, 6) is -3.37. The molecule has 2 aromatic heterocycles. The van der Waals surface area contributed by atoms with Gasteiger partial charge in [0, 0.05) is 17.7 Å². The number of alkyl halides is 2. The number of aromatic nitrogens is 4. The molecule has 1 saturated carbocycles. The van der Waals surface area contributed by atoms with Gasteiger partial charge in [-0.05, 0) is 37.1 Å². The number of halogens is 2. The molecule has 2 heterocycles. The molecule has 0 aliphatic heterocycles. The maximum absolute atomic E-state index is 13.9. The van der Waals surface area contributed by atoms with Gasteiger partial charge in [0.25, 0.3) is 11.8 Å². The Labute approximate surface area is 175 Å². The summed E-state index contributed by atoms with van der Waals surface area (Å²) in [5.41, 5.74) is 12.2. The van der Waals surface area contributed by atoms with Crippen LogP contribution in [-0.4, -0.2) is 44.1 Å². The van der Waals surface area contributed by atoms with E-state index in [1.165, 1.54) is 12.5 Å². The third-order valence-corrected chi connectivity index (χ3v) is 5.01. The summed E-state index contributed by atoms with van der Waals surface area (Å²) in [7, 11) is 0. The molecule has 2 atom stereocenters. The second-order valence-electron chi connectivity index (χ2n) is 7.17. The molecule has 1 aliphatic rings. The number of amides is 1. The van der Waals surface area contributed by atoms with E-state index in [4.69, 9.17) is 15.9 Å². The molecule has 12 heteroatoms. The van der Waals surface area contributed by atoms with E-state index < -0.39 is 23.9 Å². The van der Waals surface area contributed by atoms with Gasteiger partial charge in [-0.15, -0.1) is 10.2 Å². The fraction of sp³-hybridized carbons (Fsp3) is 0.316. The number of nitrogens with two attached hydrogens (primary N) is 2. The average Bonchev–Trinajstić information content (AvgIpc) is 3.27. The zero-order chi connectivity index (χ0) is 22.0. The molecule has 0 saturated heterocycles. The molecule has 31 heavy (non-hydrogen) atoms. The first-order chi connectivity index (χ1) is 14.8. The van der Waals surface area contributed by atoms with E-state index in [-0.39, 0.29) is 23.9 Å². The molecular weight excluding hydrogens is 410 g/mol. The van der Waals surface area contributed by atoms with Gasteiger partial charge in [-0.25, -0.2) is 13.8 Å². The Kier molecular flexibility index (Phi) is 5.46. The lowest BCUT2D eigenvalue weighted by molar-refractivity contribution is -0.0555. The van der Waals surface area contributed by atoms with Crippen LogP contribution in [0.4, 0.5) is 26.2 Å². The summed E-state index contributed by atoms with van der Waals surface area (Å²) < 4.78 is 33.1. The van der Waals surface area contributed by atoms with Crippen molar-refractivity contribution in [1.82, 2.24) is 20.2 Å². The Morgan fingerprint density at radius 3 is 2.68 bits per heavy atom. The third-order valence-electron chi connectivity index (χ3n) is 5.01. The highest BCUT2D eigenvalue weighted by Crippen LogP contribution is 2.33. The van der Waals surface area contributed by atoms with Crippen molar-refractivity contribution in [3.63, 3.8) is 0 Å². The van der Waals surface area contributed by atoms with Gasteiger partial charge in [-0.1, -0.05) is 0 Å². The van der Waals surface area contributed by atoms with Crippen molar-refractivity contribution in [2.24, 2.45) is 11.5 Å². The van der Waals surface area contributed by atoms with Crippen molar-refractivity contribution in [3.05, 3.63) is 42.4 Å². The number of carbonyl (C=O) groups excluding carboxylic acids is 1. The minimum atomic E-state index is -2.98. The van der Waals surface area contributed by atoms with Crippen molar-refractivity contribution in [1.29, 1.82) is 0 Å². The lowest BCUT2D eigenvalue weighted by Crippen LogP contribution is -2.55. The molecule has 1 aromatic carbocycles. The van der Waals surface area contributed by atoms with Crippen molar-refractivity contribution >= 4 is 23.4 Å². The summed E-state index contributed by atoms with van der Waals surface area (Å²) in [6.45, 7) is 0. The number of nitrogens with zero attached hydrogens (tertiary/aromatic N) is 4. The third kappa shape index (κ3) is 4.43. The van der Waals surface area contributed by atoms with Crippen LogP contribution in [0.15, 0.2) is 41.1 Å². The summed E-state index contributed by atoms with van der Waals surface area (Å²) in [4.78, 5) is 20.0. The Bertz CT molecular complexity index is 1060. The second-order valence-corrected chi connectivity index (χ2v) is 7.17. The lowest BCUT2D eigenvalue weighted by Gasteiger charge is -2.35. The summed E-state index contributed by atoms with van der Waals surface area (Å²) in [6.07, 6.45) is 3.49. The van der Waals surface area contributed by atoms with E-state index in [9.17, 15) is 13.6 Å². The van der Waals surface area contributed by atoms with Gasteiger partial charge < -0.3 is 26.5 Å². The van der Waals surface area contributed by atoms with Crippen LogP contribution in [0.1, 0.15) is 29.8 Å². The predicted molar refractivity (Wildman–Crippen MR) is 108 cm³/mol. The van der Waals surface area contributed by atoms with Gasteiger partial charge in [0.05, 0.1) is 18.3 Å². The van der Waals surface area contributed by atoms with Gasteiger partial charge in [0.15, 0.2) is 11.5 Å². The molecule has 0 spiro atoms. The SMILES string of the molecule is NC(=O)c1nnc(N[C@@H]2CCCC(F)(F)[C@@H]2N)nc1Nc1ccc(-c2ncco2)cc1. The molecular formula is C19H20F2N8O2. The van der Waals surface area contributed by atoms with Gasteiger partial charge >= 0.3 is 0 Å². The summed E-state index contributed by atoms with van der Waals surface area (Å²) >= 11 is 0. The first-order valence-corrected chi connectivity index (χ1v) is 9.55. The normalized spacial score (nSPS) is 20.2. The topological polar surface area (TPSA) is 158 Å². The van der Waals surface area contributed by atoms with Crippen LogP contribution in [0.3, 0.4) is 0 Å². The molecule has 6 N–H and O–H groups in total. The van der Waals surface area contributed by atoms with E-state index in [2.05, 4.69) is 30.8 Å². The second kappa shape index (κ2) is 8.22. The molecule has 0 radical (unpaired) electrons. The van der Waals surface area contributed by atoms with E-state index in [0.29, 0.717) is 24.4 Å². The van der Waals surface area contributed by atoms with Crippen LogP contribution in [0, 0.1) is 0 Å². The number of oxazole rings is 1. The fourth-order valence-corrected chi connectivity index (χ4v) is 3.37. The zero-order valence-corrected chi connectivity index (χ0v) is 16.3. The van der Waals surface area contributed by atoms with Gasteiger partial charge in [-0.3, -0.25) is 4.79 Å². The van der Waals surface area contributed by atoms with Crippen molar-refractivity contribution in [2.75, 3.05) is 10.6 Å². The van der Waals surface area contributed by atoms with Crippen LogP contribution in [0.5, 0.6) is 0 Å². The number of anilines is 3. The molecule has 1 aliphatic carbocycles. The van der Waals surface area contributed by atoms with Crippen molar-refractivity contribution in [2.45, 2.75) is 37.3 Å². The number of nitrogens with one attached hydrogen (secondary N) is 2. The van der Waals surface area contributed by atoms with Gasteiger partial charge in [0.2, 0.25) is 11.8 Å². The minimum absolute atomic E-state index is 0.0324. The summed E-state index contributed by atoms with van der Waals surface area (Å²) in [6, 6.07) is 4.83. The number of rotatable bonds is 6. The fourth-order valence-electron chi connectivity index (χ4n) is 3.37. The molecule has 10 nitrogen and oxygen atoms in total. The predicted octanol–water partition coefficient (Wildman–Crippen LogP) is 2.30. The van der Waals surface area contributed by atoms with Crippen LogP contribution >= 0.6 is 0 Å². The minimum Gasteiger partial charge on any atom is -0.445 e. The van der Waals surface area contributed by atoms with Crippen molar-refractivity contribution in [3.8, 4) is 11.5 Å². The van der Waals surface area contributed by atoms with E-state index in [1.807, 2.05) is 0 Å². The Balaban J connectivity index is 1.55. The average molecular weight is 430 g/mol. The van der Waals surface area contributed by atoms with Gasteiger partial charge in [-0.2, -0.15) is 4.98 Å². The molecule has 162 valence electrons. The number of primary amides is 1. The van der Waals surface area contributed by atoms with E-state index in [0.717, 1.165) is 5.56 Å². The van der Waals surface area contributed by atoms with E-state index in [1.54, 1.807) is 24.3 Å². The number of hydrogen-bond acceptors (Lipinski definition) is 9. The monoisotopic (exact) mass is 430 g/mol. The lowest BCUT2D eigenvalue weighted by atomic mass is 9.87. The van der Waals surface area contributed by atoms with Gasteiger partial charge in [0.1, 0.15) is 6.26 Å². The highest BCUT2D eigenvalue weighted by Gasteiger charge is 2.45. The highest BCUT2D eigenvalue weighted by molar-refractivity contribution is 5.96. The van der Waals surface area contributed by atoms with E-state index >= 15 is 0 Å². The number of carbonyl (C=O) groups is 1. The zero-order valence-electron chi connectivity index (χ0n) is 16.3. The highest BCUT2D eigenvalue weighted by atomic mass is 19.3. The molecule has 0 bridgehead atoms. The molecule has 4 rings (SSSR count). The van der Waals surface area contributed by atoms with Crippen LogP contribution in [0.2, 0.25) is 0 Å². The van der Waals surface area contributed by atoms with Crippen molar-refractivity contribution < 1.29 is 18.0 Å². The first kappa shape index (κ1) is 20.6. The molecule has 1 amide bonds. The standard InChI is InChI=1S/C19H20F2N8O2/c20-19(21)7-1-2-12(14(19)22)26-18-27-16(13(15(23)30)28-29-18)25-11-5-3-10(4-6-11)17-24-8-9-31-17/h3-6,8-9,12,14H,1-2,7,22H2,(H2,23,30)(H2,25,26,27,29)/t12-,14-/m1/s1. The van der Waals surface area contributed by atoms with Crippen LogP contribution in [0.25, 0.3) is 11.5 Å². The van der Waals surface area contributed by atoms with Crippen LogP contribution < -0.4 is 22.1 Å². The first-order valence-electron chi connectivity index (χ1n) is 9.55. The Morgan fingerprint density at radius 1 is 1.23 bits per heavy atom. The Hall–Kier alpha value is -3.67. The quantitative estimate of drug-likeness (QED) is 0.460. The molecule has 0 unspecified atom stereocenters. The number of benzene rings is 1. The maximum atomic E-state index is 13.9. The smallest absolute Gasteiger partial charge is 0.273 e. The summed E-state index contributed by atoms with van der Waals surface area (Å²) in [5, 5.41) is 13.3. The maximum Gasteiger partial charge on any atom is 0.273 e. The molecule has 1 fully saturated rings. The van der Waals surface area contributed by atoms with Crippen LogP contribution in [-0.2, 0) is 0 Å². The number of hydrogen-bond donors (Lipinski definition) is 4.